The van der Waals surface area contributed by atoms with Crippen LogP contribution in [0, 0.1) is 0 Å². The van der Waals surface area contributed by atoms with Gasteiger partial charge in [0.05, 0.1) is 6.61 Å². The van der Waals surface area contributed by atoms with Gasteiger partial charge in [-0.25, -0.2) is 0 Å². The number of benzene rings is 2. The van der Waals surface area contributed by atoms with Crippen molar-refractivity contribution < 1.29 is 14.6 Å². The highest BCUT2D eigenvalue weighted by Gasteiger charge is 1.99. The van der Waals surface area contributed by atoms with Crippen LogP contribution in [0.4, 0.5) is 0 Å². The van der Waals surface area contributed by atoms with Crippen LogP contribution in [-0.4, -0.2) is 18.5 Å². The van der Waals surface area contributed by atoms with Crippen LogP contribution in [0.5, 0.6) is 11.5 Å². The molecule has 22 heavy (non-hydrogen) atoms. The average molecular weight is 304 g/mol. The van der Waals surface area contributed by atoms with E-state index >= 15 is 0 Å². The smallest absolute Gasteiger partial charge is 0.186 e. The van der Waals surface area contributed by atoms with Crippen LogP contribution in [0.25, 0.3) is 11.1 Å². The van der Waals surface area contributed by atoms with Gasteiger partial charge in [0.25, 0.3) is 0 Å². The Morgan fingerprint density at radius 1 is 0.682 bits per heavy atom. The van der Waals surface area contributed by atoms with E-state index < -0.39 is 0 Å². The molecular formula is C19H28O3. The predicted octanol–water partition coefficient (Wildman–Crippen LogP) is 5.13. The zero-order chi connectivity index (χ0) is 16.8. The lowest BCUT2D eigenvalue weighted by molar-refractivity contribution is 0.0985. The second-order valence-electron chi connectivity index (χ2n) is 3.76. The summed E-state index contributed by atoms with van der Waals surface area (Å²) in [4.78, 5) is 0. The number of hydrogen-bond acceptors (Lipinski definition) is 3. The molecule has 0 spiro atoms. The van der Waals surface area contributed by atoms with E-state index in [1.54, 1.807) is 0 Å². The Hall–Kier alpha value is -2.00. The predicted molar refractivity (Wildman–Crippen MR) is 93.5 cm³/mol. The highest BCUT2D eigenvalue weighted by Crippen LogP contribution is 2.24. The third-order valence-corrected chi connectivity index (χ3v) is 2.58. The highest BCUT2D eigenvalue weighted by molar-refractivity contribution is 5.64. The average Bonchev–Trinajstić information content (AvgIpc) is 2.61. The van der Waals surface area contributed by atoms with Crippen molar-refractivity contribution in [1.29, 1.82) is 0 Å². The van der Waals surface area contributed by atoms with E-state index in [0.29, 0.717) is 12.4 Å². The second-order valence-corrected chi connectivity index (χ2v) is 3.76. The summed E-state index contributed by atoms with van der Waals surface area (Å²) in [6.45, 7) is 10.3. The van der Waals surface area contributed by atoms with Crippen molar-refractivity contribution in [2.45, 2.75) is 34.6 Å². The van der Waals surface area contributed by atoms with Crippen molar-refractivity contribution in [3.8, 4) is 22.6 Å². The molecule has 0 radical (unpaired) electrons. The van der Waals surface area contributed by atoms with Gasteiger partial charge in [-0.2, -0.15) is 0 Å². The molecule has 2 aromatic carbocycles. The van der Waals surface area contributed by atoms with E-state index in [0.717, 1.165) is 16.9 Å². The molecule has 2 rings (SSSR count). The minimum atomic E-state index is -0.303. The molecule has 0 unspecified atom stereocenters. The summed E-state index contributed by atoms with van der Waals surface area (Å²) < 4.78 is 10.4. The van der Waals surface area contributed by atoms with Crippen LogP contribution in [0.15, 0.2) is 48.5 Å². The van der Waals surface area contributed by atoms with Crippen molar-refractivity contribution in [1.82, 2.24) is 0 Å². The van der Waals surface area contributed by atoms with Crippen molar-refractivity contribution in [2.24, 2.45) is 0 Å². The lowest BCUT2D eigenvalue weighted by atomic mass is 10.1. The van der Waals surface area contributed by atoms with Gasteiger partial charge in [0.1, 0.15) is 11.5 Å². The molecule has 0 atom stereocenters. The summed E-state index contributed by atoms with van der Waals surface area (Å²) in [7, 11) is 0. The lowest BCUT2D eigenvalue weighted by Crippen LogP contribution is -1.94. The fraction of sp³-hybridized carbons (Fsp3) is 0.368. The fourth-order valence-electron chi connectivity index (χ4n) is 1.73. The first-order chi connectivity index (χ1) is 10.8. The van der Waals surface area contributed by atoms with Crippen LogP contribution < -0.4 is 9.47 Å². The quantitative estimate of drug-likeness (QED) is 0.778. The number of rotatable bonds is 5. The largest absolute Gasteiger partial charge is 0.494 e. The standard InChI is InChI=1S/C15H16O3.2C2H6/c1-2-17-14-7-3-12(4-8-14)13-5-9-15(10-6-13)18-11-16;2*1-2/h3-10,16H,2,11H2,1H3;2*1-2H3. The molecule has 0 aliphatic heterocycles. The van der Waals surface area contributed by atoms with E-state index in [9.17, 15) is 0 Å². The number of hydrogen-bond donors (Lipinski definition) is 1. The first-order valence-corrected chi connectivity index (χ1v) is 7.90. The summed E-state index contributed by atoms with van der Waals surface area (Å²) in [5, 5.41) is 8.65. The third-order valence-electron chi connectivity index (χ3n) is 2.58. The van der Waals surface area contributed by atoms with E-state index in [1.165, 1.54) is 0 Å². The van der Waals surface area contributed by atoms with Crippen molar-refractivity contribution in [3.05, 3.63) is 48.5 Å². The summed E-state index contributed by atoms with van der Waals surface area (Å²) in [5.41, 5.74) is 2.22. The maximum absolute atomic E-state index is 8.65. The van der Waals surface area contributed by atoms with Gasteiger partial charge in [-0.15, -0.1) is 0 Å². The van der Waals surface area contributed by atoms with Gasteiger partial charge in [-0.1, -0.05) is 52.0 Å². The molecule has 0 amide bonds. The van der Waals surface area contributed by atoms with Crippen molar-refractivity contribution in [3.63, 3.8) is 0 Å². The van der Waals surface area contributed by atoms with Gasteiger partial charge in [0.2, 0.25) is 0 Å². The van der Waals surface area contributed by atoms with Gasteiger partial charge in [-0.05, 0) is 42.3 Å². The molecule has 3 heteroatoms. The number of ether oxygens (including phenoxy) is 2. The van der Waals surface area contributed by atoms with Gasteiger partial charge in [-0.3, -0.25) is 0 Å². The topological polar surface area (TPSA) is 38.7 Å². The monoisotopic (exact) mass is 304 g/mol. The minimum absolute atomic E-state index is 0.303. The Morgan fingerprint density at radius 3 is 1.36 bits per heavy atom. The molecule has 0 aliphatic rings. The van der Waals surface area contributed by atoms with Crippen molar-refractivity contribution in [2.75, 3.05) is 13.4 Å². The Bertz CT molecular complexity index is 428. The van der Waals surface area contributed by atoms with Crippen LogP contribution >= 0.6 is 0 Å². The highest BCUT2D eigenvalue weighted by atomic mass is 16.6. The maximum atomic E-state index is 8.65. The third kappa shape index (κ3) is 6.64. The molecule has 3 nitrogen and oxygen atoms in total. The molecule has 0 heterocycles. The molecule has 122 valence electrons. The van der Waals surface area contributed by atoms with Gasteiger partial charge < -0.3 is 14.6 Å². The van der Waals surface area contributed by atoms with Gasteiger partial charge in [0.15, 0.2) is 6.79 Å². The van der Waals surface area contributed by atoms with Gasteiger partial charge >= 0.3 is 0 Å². The lowest BCUT2D eigenvalue weighted by Gasteiger charge is -2.06. The zero-order valence-corrected chi connectivity index (χ0v) is 14.3. The zero-order valence-electron chi connectivity index (χ0n) is 14.3. The normalized spacial score (nSPS) is 8.82. The molecule has 2 aromatic rings. The first-order valence-electron chi connectivity index (χ1n) is 7.90. The van der Waals surface area contributed by atoms with Crippen LogP contribution in [0.3, 0.4) is 0 Å². The van der Waals surface area contributed by atoms with Crippen LogP contribution in [0.2, 0.25) is 0 Å². The van der Waals surface area contributed by atoms with E-state index in [4.69, 9.17) is 14.6 Å². The Morgan fingerprint density at radius 2 is 1.05 bits per heavy atom. The van der Waals surface area contributed by atoms with Crippen LogP contribution in [-0.2, 0) is 0 Å². The minimum Gasteiger partial charge on any atom is -0.494 e. The molecule has 1 N–H and O–H groups in total. The molecule has 0 aromatic heterocycles. The summed E-state index contributed by atoms with van der Waals surface area (Å²) in [6, 6.07) is 15.5. The molecule has 0 fully saturated rings. The molecular weight excluding hydrogens is 276 g/mol. The summed E-state index contributed by atoms with van der Waals surface area (Å²) in [6.07, 6.45) is 0. The summed E-state index contributed by atoms with van der Waals surface area (Å²) in [5.74, 6) is 1.54. The van der Waals surface area contributed by atoms with E-state index in [-0.39, 0.29) is 6.79 Å². The Kier molecular flexibility index (Phi) is 11.6. The molecule has 0 aliphatic carbocycles. The van der Waals surface area contributed by atoms with Crippen molar-refractivity contribution >= 4 is 0 Å². The molecule has 0 saturated heterocycles. The van der Waals surface area contributed by atoms with Crippen LogP contribution in [0.1, 0.15) is 34.6 Å². The Labute approximate surface area is 134 Å². The van der Waals surface area contributed by atoms with Gasteiger partial charge in [0, 0.05) is 0 Å². The second kappa shape index (κ2) is 12.7. The number of aliphatic hydroxyl groups excluding tert-OH is 1. The summed E-state index contributed by atoms with van der Waals surface area (Å²) >= 11 is 0. The number of aliphatic hydroxyl groups is 1. The SMILES string of the molecule is CC.CC.CCOc1ccc(-c2ccc(OCO)cc2)cc1. The molecule has 0 bridgehead atoms. The van der Waals surface area contributed by atoms with E-state index in [2.05, 4.69) is 0 Å². The Balaban J connectivity index is 0.00000102. The van der Waals surface area contributed by atoms with E-state index in [1.807, 2.05) is 83.1 Å². The molecule has 0 saturated carbocycles. The fourth-order valence-corrected chi connectivity index (χ4v) is 1.73. The maximum Gasteiger partial charge on any atom is 0.186 e. The first kappa shape index (κ1) is 20.0.